The number of fused-ring (bicyclic) bond motifs is 2. The molecule has 4 rings (SSSR count). The molecule has 1 atom stereocenters. The maximum absolute atomic E-state index is 12.4. The molecule has 0 spiro atoms. The highest BCUT2D eigenvalue weighted by atomic mass is 35.5. The van der Waals surface area contributed by atoms with Crippen molar-refractivity contribution in [3.8, 4) is 11.3 Å². The van der Waals surface area contributed by atoms with Crippen molar-refractivity contribution in [2.24, 2.45) is 0 Å². The SMILES string of the molecule is CC(=O)N1Cc2cc(-c3ccccc3C(C)O)ncc2C=Cc2cc(Cl)ccc21. The quantitative estimate of drug-likeness (QED) is 0.614. The van der Waals surface area contributed by atoms with Crippen molar-refractivity contribution in [2.75, 3.05) is 4.90 Å². The first kappa shape index (κ1) is 19.4. The summed E-state index contributed by atoms with van der Waals surface area (Å²) in [4.78, 5) is 18.8. The van der Waals surface area contributed by atoms with Gasteiger partial charge >= 0.3 is 0 Å². The first-order valence-electron chi connectivity index (χ1n) is 9.46. The lowest BCUT2D eigenvalue weighted by Crippen LogP contribution is -2.29. The number of carbonyl (C=O) groups is 1. The summed E-state index contributed by atoms with van der Waals surface area (Å²) in [6.45, 7) is 3.74. The second-order valence-corrected chi connectivity index (χ2v) is 7.61. The lowest BCUT2D eigenvalue weighted by Gasteiger charge is -2.26. The van der Waals surface area contributed by atoms with Gasteiger partial charge in [-0.15, -0.1) is 0 Å². The topological polar surface area (TPSA) is 53.4 Å². The molecule has 146 valence electrons. The minimum Gasteiger partial charge on any atom is -0.389 e. The number of hydrogen-bond donors (Lipinski definition) is 1. The number of benzene rings is 2. The Hall–Kier alpha value is -2.95. The van der Waals surface area contributed by atoms with Gasteiger partial charge in [0.2, 0.25) is 5.91 Å². The van der Waals surface area contributed by atoms with Crippen LogP contribution in [0.4, 0.5) is 5.69 Å². The Morgan fingerprint density at radius 3 is 2.66 bits per heavy atom. The average molecular weight is 405 g/mol. The largest absolute Gasteiger partial charge is 0.389 e. The summed E-state index contributed by atoms with van der Waals surface area (Å²) in [6.07, 6.45) is 5.17. The van der Waals surface area contributed by atoms with E-state index in [1.807, 2.05) is 60.8 Å². The minimum absolute atomic E-state index is 0.0439. The Morgan fingerprint density at radius 1 is 1.14 bits per heavy atom. The van der Waals surface area contributed by atoms with E-state index < -0.39 is 6.10 Å². The van der Waals surface area contributed by atoms with Gasteiger partial charge in [-0.05, 0) is 53.4 Å². The summed E-state index contributed by atoms with van der Waals surface area (Å²) in [5, 5.41) is 10.8. The standard InChI is InChI=1S/C24H21ClN2O2/c1-15(28)21-5-3-4-6-22(21)23-12-19-14-27(16(2)29)24-10-9-20(25)11-17(24)7-8-18(19)13-26-23/h3-13,15,28H,14H2,1-2H3. The maximum Gasteiger partial charge on any atom is 0.224 e. The fourth-order valence-corrected chi connectivity index (χ4v) is 3.84. The average Bonchev–Trinajstić information content (AvgIpc) is 2.69. The van der Waals surface area contributed by atoms with Crippen molar-refractivity contribution in [1.29, 1.82) is 0 Å². The summed E-state index contributed by atoms with van der Waals surface area (Å²) in [6, 6.07) is 15.2. The lowest BCUT2D eigenvalue weighted by molar-refractivity contribution is -0.116. The second-order valence-electron chi connectivity index (χ2n) is 7.17. The van der Waals surface area contributed by atoms with Gasteiger partial charge in [0.15, 0.2) is 0 Å². The molecule has 5 heteroatoms. The summed E-state index contributed by atoms with van der Waals surface area (Å²) in [5.74, 6) is -0.0439. The monoisotopic (exact) mass is 404 g/mol. The van der Waals surface area contributed by atoms with Crippen LogP contribution in [-0.4, -0.2) is 16.0 Å². The molecule has 1 aromatic heterocycles. The molecule has 1 aliphatic rings. The van der Waals surface area contributed by atoms with Crippen molar-refractivity contribution >= 4 is 35.3 Å². The fraction of sp³-hybridized carbons (Fsp3) is 0.167. The van der Waals surface area contributed by atoms with Crippen LogP contribution >= 0.6 is 11.6 Å². The highest BCUT2D eigenvalue weighted by molar-refractivity contribution is 6.30. The van der Waals surface area contributed by atoms with Crippen molar-refractivity contribution < 1.29 is 9.90 Å². The van der Waals surface area contributed by atoms with E-state index >= 15 is 0 Å². The highest BCUT2D eigenvalue weighted by Gasteiger charge is 2.20. The summed E-state index contributed by atoms with van der Waals surface area (Å²) in [7, 11) is 0. The van der Waals surface area contributed by atoms with Crippen LogP contribution in [0, 0.1) is 0 Å². The molecule has 1 unspecified atom stereocenters. The summed E-state index contributed by atoms with van der Waals surface area (Å²) < 4.78 is 0. The van der Waals surface area contributed by atoms with Crippen LogP contribution in [0.1, 0.15) is 42.2 Å². The van der Waals surface area contributed by atoms with E-state index in [0.717, 1.165) is 39.2 Å². The molecule has 2 heterocycles. The predicted molar refractivity (Wildman–Crippen MR) is 118 cm³/mol. The van der Waals surface area contributed by atoms with E-state index in [2.05, 4.69) is 4.98 Å². The van der Waals surface area contributed by atoms with Gasteiger partial charge in [-0.3, -0.25) is 9.78 Å². The Labute approximate surface area is 175 Å². The van der Waals surface area contributed by atoms with Gasteiger partial charge in [-0.2, -0.15) is 0 Å². The van der Waals surface area contributed by atoms with Gasteiger partial charge in [-0.25, -0.2) is 0 Å². The zero-order valence-electron chi connectivity index (χ0n) is 16.3. The molecule has 0 fully saturated rings. The first-order valence-corrected chi connectivity index (χ1v) is 9.84. The van der Waals surface area contributed by atoms with Gasteiger partial charge in [-0.1, -0.05) is 48.0 Å². The smallest absolute Gasteiger partial charge is 0.224 e. The number of amides is 1. The third-order valence-corrected chi connectivity index (χ3v) is 5.38. The van der Waals surface area contributed by atoms with Crippen molar-refractivity contribution in [3.63, 3.8) is 0 Å². The van der Waals surface area contributed by atoms with Crippen LogP contribution in [0.3, 0.4) is 0 Å². The van der Waals surface area contributed by atoms with Gasteiger partial charge in [0.05, 0.1) is 24.0 Å². The molecule has 1 N–H and O–H groups in total. The fourth-order valence-electron chi connectivity index (χ4n) is 3.66. The number of aliphatic hydroxyl groups excluding tert-OH is 1. The number of aliphatic hydroxyl groups is 1. The number of anilines is 1. The molecule has 1 aliphatic heterocycles. The number of aromatic nitrogens is 1. The Morgan fingerprint density at radius 2 is 1.90 bits per heavy atom. The van der Waals surface area contributed by atoms with E-state index in [0.29, 0.717) is 11.6 Å². The number of halogens is 1. The van der Waals surface area contributed by atoms with Crippen LogP contribution in [0.5, 0.6) is 0 Å². The molecule has 0 bridgehead atoms. The molecule has 2 aromatic carbocycles. The van der Waals surface area contributed by atoms with Gasteiger partial charge in [0, 0.05) is 23.7 Å². The second kappa shape index (κ2) is 7.82. The third kappa shape index (κ3) is 3.82. The van der Waals surface area contributed by atoms with E-state index in [1.165, 1.54) is 0 Å². The Kier molecular flexibility index (Phi) is 5.22. The lowest BCUT2D eigenvalue weighted by atomic mass is 9.97. The normalized spacial score (nSPS) is 13.9. The Bertz CT molecular complexity index is 1120. The number of hydrogen-bond acceptors (Lipinski definition) is 3. The van der Waals surface area contributed by atoms with Crippen molar-refractivity contribution in [1.82, 2.24) is 4.98 Å². The van der Waals surface area contributed by atoms with Crippen molar-refractivity contribution in [3.05, 3.63) is 82.0 Å². The molecule has 0 aliphatic carbocycles. The third-order valence-electron chi connectivity index (χ3n) is 5.14. The zero-order chi connectivity index (χ0) is 20.5. The first-order chi connectivity index (χ1) is 13.9. The van der Waals surface area contributed by atoms with Crippen LogP contribution in [0.15, 0.2) is 54.7 Å². The molecule has 0 saturated heterocycles. The molecule has 3 aromatic rings. The molecule has 29 heavy (non-hydrogen) atoms. The molecular weight excluding hydrogens is 384 g/mol. The van der Waals surface area contributed by atoms with Crippen LogP contribution in [0.25, 0.3) is 23.4 Å². The number of rotatable bonds is 2. The van der Waals surface area contributed by atoms with E-state index in [9.17, 15) is 9.90 Å². The molecule has 4 nitrogen and oxygen atoms in total. The minimum atomic E-state index is -0.597. The van der Waals surface area contributed by atoms with Crippen LogP contribution in [0.2, 0.25) is 5.02 Å². The van der Waals surface area contributed by atoms with Gasteiger partial charge in [0.25, 0.3) is 0 Å². The summed E-state index contributed by atoms with van der Waals surface area (Å²) >= 11 is 6.16. The van der Waals surface area contributed by atoms with Crippen LogP contribution in [-0.2, 0) is 11.3 Å². The van der Waals surface area contributed by atoms with E-state index in [-0.39, 0.29) is 5.91 Å². The predicted octanol–water partition coefficient (Wildman–Crippen LogP) is 5.49. The molecule has 0 radical (unpaired) electrons. The number of nitrogens with zero attached hydrogens (tertiary/aromatic N) is 2. The number of pyridine rings is 1. The number of carbonyl (C=O) groups excluding carboxylic acids is 1. The maximum atomic E-state index is 12.4. The molecular formula is C24H21ClN2O2. The van der Waals surface area contributed by atoms with Gasteiger partial charge < -0.3 is 10.0 Å². The molecule has 0 saturated carbocycles. The van der Waals surface area contributed by atoms with E-state index in [4.69, 9.17) is 11.6 Å². The summed E-state index contributed by atoms with van der Waals surface area (Å²) in [5.41, 5.74) is 6.13. The van der Waals surface area contributed by atoms with Gasteiger partial charge in [0.1, 0.15) is 0 Å². The Balaban J connectivity index is 1.85. The molecule has 1 amide bonds. The highest BCUT2D eigenvalue weighted by Crippen LogP contribution is 2.33. The van der Waals surface area contributed by atoms with Crippen molar-refractivity contribution in [2.45, 2.75) is 26.5 Å². The zero-order valence-corrected chi connectivity index (χ0v) is 17.0. The van der Waals surface area contributed by atoms with E-state index in [1.54, 1.807) is 24.8 Å². The van der Waals surface area contributed by atoms with Crippen LogP contribution < -0.4 is 4.90 Å².